The van der Waals surface area contributed by atoms with E-state index in [4.69, 9.17) is 4.52 Å². The Labute approximate surface area is 148 Å². The van der Waals surface area contributed by atoms with Gasteiger partial charge in [0, 0.05) is 13.1 Å². The number of aryl methyl sites for hydroxylation is 3. The van der Waals surface area contributed by atoms with Crippen LogP contribution in [0.3, 0.4) is 0 Å². The van der Waals surface area contributed by atoms with E-state index >= 15 is 0 Å². The summed E-state index contributed by atoms with van der Waals surface area (Å²) in [5.41, 5.74) is 4.09. The predicted molar refractivity (Wildman–Crippen MR) is 95.2 cm³/mol. The first-order valence-corrected chi connectivity index (χ1v) is 8.89. The lowest BCUT2D eigenvalue weighted by atomic mass is 9.89. The number of aromatic nitrogens is 2. The van der Waals surface area contributed by atoms with Crippen LogP contribution in [0.5, 0.6) is 0 Å². The van der Waals surface area contributed by atoms with Crippen molar-refractivity contribution in [3.63, 3.8) is 0 Å². The molecule has 0 atom stereocenters. The summed E-state index contributed by atoms with van der Waals surface area (Å²) in [7, 11) is 0. The van der Waals surface area contributed by atoms with Gasteiger partial charge in [-0.1, -0.05) is 23.4 Å². The number of hydrogen-bond acceptors (Lipinski definition) is 4. The molecule has 0 unspecified atom stereocenters. The average Bonchev–Trinajstić information content (AvgIpc) is 3.02. The van der Waals surface area contributed by atoms with Crippen molar-refractivity contribution < 1.29 is 9.32 Å². The van der Waals surface area contributed by atoms with Crippen LogP contribution < -0.4 is 5.32 Å². The Morgan fingerprint density at radius 2 is 2.00 bits per heavy atom. The Hall–Kier alpha value is -2.37. The fraction of sp³-hybridized carbons (Fsp3) is 0.526. The maximum Gasteiger partial charge on any atom is 0.317 e. The third-order valence-electron chi connectivity index (χ3n) is 4.96. The van der Waals surface area contributed by atoms with Gasteiger partial charge in [0.2, 0.25) is 5.89 Å². The highest BCUT2D eigenvalue weighted by Gasteiger charge is 2.23. The number of hydrogen-bond donors (Lipinski definition) is 1. The number of urea groups is 1. The monoisotopic (exact) mass is 342 g/mol. The third-order valence-corrected chi connectivity index (χ3v) is 4.96. The summed E-state index contributed by atoms with van der Waals surface area (Å²) < 4.78 is 5.01. The minimum absolute atomic E-state index is 0.0551. The molecule has 1 N–H and O–H groups in total. The Morgan fingerprint density at radius 1 is 1.24 bits per heavy atom. The van der Waals surface area contributed by atoms with Gasteiger partial charge in [-0.3, -0.25) is 0 Å². The second-order valence-electron chi connectivity index (χ2n) is 6.95. The van der Waals surface area contributed by atoms with Gasteiger partial charge in [0.25, 0.3) is 0 Å². The largest absolute Gasteiger partial charge is 0.337 e. The number of likely N-dealkylation sites (tertiary alicyclic amines) is 1. The first-order chi connectivity index (χ1) is 12.0. The Morgan fingerprint density at radius 3 is 2.64 bits per heavy atom. The molecule has 134 valence electrons. The number of piperidine rings is 1. The van der Waals surface area contributed by atoms with Gasteiger partial charge >= 0.3 is 6.03 Å². The van der Waals surface area contributed by atoms with Crippen molar-refractivity contribution in [1.82, 2.24) is 20.4 Å². The molecule has 0 bridgehead atoms. The molecule has 6 heteroatoms. The zero-order chi connectivity index (χ0) is 17.8. The molecule has 25 heavy (non-hydrogen) atoms. The van der Waals surface area contributed by atoms with Crippen LogP contribution in [0.4, 0.5) is 4.79 Å². The molecular formula is C19H26N4O2. The lowest BCUT2D eigenvalue weighted by molar-refractivity contribution is 0.169. The Bertz CT molecular complexity index is 733. The molecule has 1 aliphatic heterocycles. The van der Waals surface area contributed by atoms with Crippen LogP contribution in [-0.2, 0) is 13.0 Å². The predicted octanol–water partition coefficient (Wildman–Crippen LogP) is 3.16. The van der Waals surface area contributed by atoms with Crippen LogP contribution in [0.1, 0.15) is 41.2 Å². The van der Waals surface area contributed by atoms with Crippen LogP contribution in [0, 0.1) is 26.7 Å². The number of amides is 2. The Kier molecular flexibility index (Phi) is 5.36. The summed E-state index contributed by atoms with van der Waals surface area (Å²) in [6.45, 7) is 7.94. The summed E-state index contributed by atoms with van der Waals surface area (Å²) in [5, 5.41) is 6.57. The summed E-state index contributed by atoms with van der Waals surface area (Å²) in [6.07, 6.45) is 3.18. The molecule has 1 aliphatic rings. The van der Waals surface area contributed by atoms with Gasteiger partial charge in [0.05, 0.1) is 6.54 Å². The fourth-order valence-electron chi connectivity index (χ4n) is 3.28. The molecule has 2 heterocycles. The first kappa shape index (κ1) is 17.5. The summed E-state index contributed by atoms with van der Waals surface area (Å²) in [6, 6.07) is 6.67. The molecule has 0 spiro atoms. The fourth-order valence-corrected chi connectivity index (χ4v) is 3.28. The van der Waals surface area contributed by atoms with Gasteiger partial charge in [-0.25, -0.2) is 4.79 Å². The molecule has 2 amide bonds. The van der Waals surface area contributed by atoms with Crippen molar-refractivity contribution in [3.8, 4) is 0 Å². The maximum atomic E-state index is 12.3. The number of carbonyl (C=O) groups excluding carboxylic acids is 1. The summed E-state index contributed by atoms with van der Waals surface area (Å²) in [5.74, 6) is 1.66. The van der Waals surface area contributed by atoms with Gasteiger partial charge in [0.1, 0.15) is 0 Å². The molecule has 1 aromatic heterocycles. The standard InChI is InChI=1S/C19H26N4O2/c1-13-4-5-17(10-14(13)2)11-16-6-8-23(9-7-16)19(24)20-12-18-21-15(3)22-25-18/h4-5,10,16H,6-9,11-12H2,1-3H3,(H,20,24). The summed E-state index contributed by atoms with van der Waals surface area (Å²) in [4.78, 5) is 18.2. The van der Waals surface area contributed by atoms with Crippen molar-refractivity contribution in [2.75, 3.05) is 13.1 Å². The van der Waals surface area contributed by atoms with Crippen LogP contribution in [0.2, 0.25) is 0 Å². The van der Waals surface area contributed by atoms with E-state index in [1.807, 2.05) is 4.90 Å². The zero-order valence-corrected chi connectivity index (χ0v) is 15.2. The van der Waals surface area contributed by atoms with E-state index < -0.39 is 0 Å². The number of carbonyl (C=O) groups is 1. The highest BCUT2D eigenvalue weighted by atomic mass is 16.5. The zero-order valence-electron chi connectivity index (χ0n) is 15.2. The summed E-state index contributed by atoms with van der Waals surface area (Å²) >= 11 is 0. The number of nitrogens with one attached hydrogen (secondary N) is 1. The number of rotatable bonds is 4. The quantitative estimate of drug-likeness (QED) is 0.926. The topological polar surface area (TPSA) is 71.3 Å². The molecule has 6 nitrogen and oxygen atoms in total. The van der Waals surface area contributed by atoms with E-state index in [0.29, 0.717) is 17.6 Å². The minimum Gasteiger partial charge on any atom is -0.337 e. The molecule has 0 saturated carbocycles. The van der Waals surface area contributed by atoms with E-state index in [-0.39, 0.29) is 12.6 Å². The molecule has 1 aromatic carbocycles. The van der Waals surface area contributed by atoms with E-state index in [1.54, 1.807) is 6.92 Å². The minimum atomic E-state index is -0.0551. The number of nitrogens with zero attached hydrogens (tertiary/aromatic N) is 3. The first-order valence-electron chi connectivity index (χ1n) is 8.89. The lowest BCUT2D eigenvalue weighted by Crippen LogP contribution is -2.44. The average molecular weight is 342 g/mol. The van der Waals surface area contributed by atoms with Crippen molar-refractivity contribution in [1.29, 1.82) is 0 Å². The van der Waals surface area contributed by atoms with Gasteiger partial charge < -0.3 is 14.7 Å². The highest BCUT2D eigenvalue weighted by Crippen LogP contribution is 2.23. The highest BCUT2D eigenvalue weighted by molar-refractivity contribution is 5.74. The van der Waals surface area contributed by atoms with Crippen LogP contribution >= 0.6 is 0 Å². The normalized spacial score (nSPS) is 15.4. The van der Waals surface area contributed by atoms with Crippen LogP contribution in [0.25, 0.3) is 0 Å². The molecule has 1 fully saturated rings. The number of benzene rings is 1. The van der Waals surface area contributed by atoms with Crippen molar-refractivity contribution >= 4 is 6.03 Å². The molecule has 2 aromatic rings. The molecule has 3 rings (SSSR count). The Balaban J connectivity index is 1.44. The van der Waals surface area contributed by atoms with Crippen molar-refractivity contribution in [2.45, 2.75) is 46.6 Å². The van der Waals surface area contributed by atoms with E-state index in [1.165, 1.54) is 16.7 Å². The van der Waals surface area contributed by atoms with Gasteiger partial charge in [-0.15, -0.1) is 0 Å². The van der Waals surface area contributed by atoms with Gasteiger partial charge in [-0.05, 0) is 62.6 Å². The smallest absolute Gasteiger partial charge is 0.317 e. The van der Waals surface area contributed by atoms with Crippen LogP contribution in [0.15, 0.2) is 22.7 Å². The van der Waals surface area contributed by atoms with Gasteiger partial charge in [-0.2, -0.15) is 4.98 Å². The van der Waals surface area contributed by atoms with Gasteiger partial charge in [0.15, 0.2) is 5.82 Å². The molecule has 0 radical (unpaired) electrons. The molecular weight excluding hydrogens is 316 g/mol. The van der Waals surface area contributed by atoms with E-state index in [9.17, 15) is 4.79 Å². The van der Waals surface area contributed by atoms with E-state index in [2.05, 4.69) is 47.5 Å². The van der Waals surface area contributed by atoms with Crippen LogP contribution in [-0.4, -0.2) is 34.2 Å². The van der Waals surface area contributed by atoms with Crippen molar-refractivity contribution in [3.05, 3.63) is 46.6 Å². The second kappa shape index (κ2) is 7.68. The third kappa shape index (κ3) is 4.59. The van der Waals surface area contributed by atoms with Crippen molar-refractivity contribution in [2.24, 2.45) is 5.92 Å². The maximum absolute atomic E-state index is 12.3. The molecule has 1 saturated heterocycles. The second-order valence-corrected chi connectivity index (χ2v) is 6.95. The van der Waals surface area contributed by atoms with E-state index in [0.717, 1.165) is 32.4 Å². The molecule has 0 aliphatic carbocycles. The lowest BCUT2D eigenvalue weighted by Gasteiger charge is -2.32. The SMILES string of the molecule is Cc1noc(CNC(=O)N2CCC(Cc3ccc(C)c(C)c3)CC2)n1.